The molecule has 2 N–H and O–H groups in total. The number of aliphatic carboxylic acids is 1. The van der Waals surface area contributed by atoms with Gasteiger partial charge < -0.3 is 10.4 Å². The molecular weight excluding hydrogens is 340 g/mol. The molecule has 1 fully saturated rings. The zero-order valence-corrected chi connectivity index (χ0v) is 14.1. The van der Waals surface area contributed by atoms with Crippen LogP contribution in [0.15, 0.2) is 24.5 Å². The predicted molar refractivity (Wildman–Crippen MR) is 91.8 cm³/mol. The minimum atomic E-state index is -0.849. The Kier molecular flexibility index (Phi) is 5.05. The molecule has 128 valence electrons. The standard InChI is InChI=1S/C17H16N4O3S/c18-9-13-14(10-4-6-19-7-5-10)20-17(25-13)21-15(22)11-2-1-3-12(8-11)16(23)24/h4-7,11-12H,1-3,8H2,(H,23,24)(H,20,21,22). The number of nitrogens with zero attached hydrogens (tertiary/aromatic N) is 3. The van der Waals surface area contributed by atoms with Gasteiger partial charge in [0.15, 0.2) is 5.13 Å². The van der Waals surface area contributed by atoms with Crippen molar-refractivity contribution in [3.63, 3.8) is 0 Å². The lowest BCUT2D eigenvalue weighted by atomic mass is 9.81. The van der Waals surface area contributed by atoms with Gasteiger partial charge >= 0.3 is 5.97 Å². The second kappa shape index (κ2) is 7.40. The molecule has 0 spiro atoms. The Balaban J connectivity index is 1.75. The maximum Gasteiger partial charge on any atom is 0.306 e. The number of nitrogens with one attached hydrogen (secondary N) is 1. The van der Waals surface area contributed by atoms with Crippen LogP contribution in [0.2, 0.25) is 0 Å². The van der Waals surface area contributed by atoms with Crippen molar-refractivity contribution in [2.45, 2.75) is 25.7 Å². The number of amides is 1. The molecule has 1 aliphatic rings. The highest BCUT2D eigenvalue weighted by molar-refractivity contribution is 7.16. The summed E-state index contributed by atoms with van der Waals surface area (Å²) < 4.78 is 0. The van der Waals surface area contributed by atoms with Crippen LogP contribution < -0.4 is 5.32 Å². The van der Waals surface area contributed by atoms with Gasteiger partial charge in [-0.2, -0.15) is 5.26 Å². The molecule has 0 radical (unpaired) electrons. The highest BCUT2D eigenvalue weighted by Crippen LogP contribution is 2.33. The van der Waals surface area contributed by atoms with E-state index in [1.165, 1.54) is 0 Å². The van der Waals surface area contributed by atoms with Crippen molar-refractivity contribution in [2.24, 2.45) is 11.8 Å². The number of anilines is 1. The second-order valence-corrected chi connectivity index (χ2v) is 6.93. The van der Waals surface area contributed by atoms with Gasteiger partial charge in [0.2, 0.25) is 5.91 Å². The molecule has 1 aliphatic carbocycles. The van der Waals surface area contributed by atoms with Gasteiger partial charge in [-0.25, -0.2) is 4.98 Å². The number of aromatic nitrogens is 2. The van der Waals surface area contributed by atoms with Gasteiger partial charge in [-0.1, -0.05) is 17.8 Å². The van der Waals surface area contributed by atoms with E-state index < -0.39 is 11.9 Å². The van der Waals surface area contributed by atoms with Crippen molar-refractivity contribution in [1.82, 2.24) is 9.97 Å². The van der Waals surface area contributed by atoms with Crippen LogP contribution in [-0.2, 0) is 9.59 Å². The number of carboxylic acids is 1. The number of hydrogen-bond donors (Lipinski definition) is 2. The molecule has 0 aromatic carbocycles. The molecule has 1 saturated carbocycles. The van der Waals surface area contributed by atoms with E-state index >= 15 is 0 Å². The van der Waals surface area contributed by atoms with E-state index in [-0.39, 0.29) is 11.8 Å². The topological polar surface area (TPSA) is 116 Å². The first-order chi connectivity index (χ1) is 12.1. The Bertz CT molecular complexity index is 828. The van der Waals surface area contributed by atoms with Crippen LogP contribution in [0, 0.1) is 23.2 Å². The van der Waals surface area contributed by atoms with Crippen LogP contribution in [0.1, 0.15) is 30.6 Å². The molecule has 2 atom stereocenters. The number of hydrogen-bond acceptors (Lipinski definition) is 6. The lowest BCUT2D eigenvalue weighted by Gasteiger charge is -2.25. The van der Waals surface area contributed by atoms with Crippen molar-refractivity contribution in [3.05, 3.63) is 29.4 Å². The summed E-state index contributed by atoms with van der Waals surface area (Å²) in [4.78, 5) is 32.3. The van der Waals surface area contributed by atoms with Crippen LogP contribution in [0.3, 0.4) is 0 Å². The summed E-state index contributed by atoms with van der Waals surface area (Å²) in [6.45, 7) is 0. The summed E-state index contributed by atoms with van der Waals surface area (Å²) in [6.07, 6.45) is 5.57. The molecule has 2 aromatic heterocycles. The molecule has 0 saturated heterocycles. The fraction of sp³-hybridized carbons (Fsp3) is 0.353. The number of carboxylic acid groups (broad SMARTS) is 1. The quantitative estimate of drug-likeness (QED) is 0.870. The molecule has 2 unspecified atom stereocenters. The van der Waals surface area contributed by atoms with E-state index in [2.05, 4.69) is 21.4 Å². The molecule has 25 heavy (non-hydrogen) atoms. The zero-order chi connectivity index (χ0) is 17.8. The SMILES string of the molecule is N#Cc1sc(NC(=O)C2CCCC(C(=O)O)C2)nc1-c1ccncc1. The van der Waals surface area contributed by atoms with Crippen molar-refractivity contribution in [3.8, 4) is 17.3 Å². The van der Waals surface area contributed by atoms with Crippen LogP contribution in [0.25, 0.3) is 11.3 Å². The second-order valence-electron chi connectivity index (χ2n) is 5.93. The van der Waals surface area contributed by atoms with E-state index in [0.717, 1.165) is 23.3 Å². The molecule has 7 nitrogen and oxygen atoms in total. The third-order valence-corrected chi connectivity index (χ3v) is 5.18. The molecular formula is C17H16N4O3S. The first kappa shape index (κ1) is 17.0. The number of rotatable bonds is 4. The Morgan fingerprint density at radius 2 is 2.00 bits per heavy atom. The number of pyridine rings is 1. The van der Waals surface area contributed by atoms with E-state index in [1.807, 2.05) is 0 Å². The summed E-state index contributed by atoms with van der Waals surface area (Å²) >= 11 is 1.11. The van der Waals surface area contributed by atoms with E-state index in [9.17, 15) is 14.9 Å². The van der Waals surface area contributed by atoms with Gasteiger partial charge in [0.25, 0.3) is 0 Å². The highest BCUT2D eigenvalue weighted by Gasteiger charge is 2.31. The number of carbonyl (C=O) groups excluding carboxylic acids is 1. The lowest BCUT2D eigenvalue weighted by molar-refractivity contribution is -0.143. The molecule has 0 aliphatic heterocycles. The number of carbonyl (C=O) groups is 2. The smallest absolute Gasteiger partial charge is 0.306 e. The minimum absolute atomic E-state index is 0.231. The largest absolute Gasteiger partial charge is 0.481 e. The van der Waals surface area contributed by atoms with Crippen molar-refractivity contribution >= 4 is 28.3 Å². The predicted octanol–water partition coefficient (Wildman–Crippen LogP) is 2.91. The fourth-order valence-corrected chi connectivity index (χ4v) is 3.80. The highest BCUT2D eigenvalue weighted by atomic mass is 32.1. The average molecular weight is 356 g/mol. The van der Waals surface area contributed by atoms with Gasteiger partial charge in [-0.3, -0.25) is 14.6 Å². The summed E-state index contributed by atoms with van der Waals surface area (Å²) in [5, 5.41) is 21.5. The minimum Gasteiger partial charge on any atom is -0.481 e. The van der Waals surface area contributed by atoms with E-state index in [4.69, 9.17) is 5.11 Å². The number of nitriles is 1. The van der Waals surface area contributed by atoms with Crippen molar-refractivity contribution in [2.75, 3.05) is 5.32 Å². The van der Waals surface area contributed by atoms with Gasteiger partial charge in [0.05, 0.1) is 5.92 Å². The molecule has 8 heteroatoms. The lowest BCUT2D eigenvalue weighted by Crippen LogP contribution is -2.30. The summed E-state index contributed by atoms with van der Waals surface area (Å²) in [6, 6.07) is 5.60. The summed E-state index contributed by atoms with van der Waals surface area (Å²) in [5.74, 6) is -1.89. The Hall–Kier alpha value is -2.79. The van der Waals surface area contributed by atoms with E-state index in [0.29, 0.717) is 35.0 Å². The van der Waals surface area contributed by atoms with Crippen LogP contribution in [-0.4, -0.2) is 27.0 Å². The Labute approximate surface area is 148 Å². The van der Waals surface area contributed by atoms with E-state index in [1.54, 1.807) is 24.5 Å². The fourth-order valence-electron chi connectivity index (χ4n) is 3.01. The third kappa shape index (κ3) is 3.83. The Morgan fingerprint density at radius 1 is 1.28 bits per heavy atom. The van der Waals surface area contributed by atoms with Crippen LogP contribution >= 0.6 is 11.3 Å². The maximum absolute atomic E-state index is 12.5. The van der Waals surface area contributed by atoms with Crippen molar-refractivity contribution < 1.29 is 14.7 Å². The van der Waals surface area contributed by atoms with Gasteiger partial charge in [0, 0.05) is 23.9 Å². The van der Waals surface area contributed by atoms with Gasteiger partial charge in [-0.05, 0) is 31.4 Å². The van der Waals surface area contributed by atoms with Crippen LogP contribution in [0.4, 0.5) is 5.13 Å². The van der Waals surface area contributed by atoms with Crippen molar-refractivity contribution in [1.29, 1.82) is 5.26 Å². The molecule has 0 bridgehead atoms. The normalized spacial score (nSPS) is 19.8. The first-order valence-electron chi connectivity index (χ1n) is 7.93. The van der Waals surface area contributed by atoms with Crippen LogP contribution in [0.5, 0.6) is 0 Å². The van der Waals surface area contributed by atoms with Gasteiger partial charge in [-0.15, -0.1) is 0 Å². The maximum atomic E-state index is 12.5. The molecule has 1 amide bonds. The zero-order valence-electron chi connectivity index (χ0n) is 13.3. The Morgan fingerprint density at radius 3 is 2.68 bits per heavy atom. The third-order valence-electron chi connectivity index (χ3n) is 4.31. The molecule has 2 heterocycles. The summed E-state index contributed by atoms with van der Waals surface area (Å²) in [5.41, 5.74) is 1.27. The molecule has 2 aromatic rings. The first-order valence-corrected chi connectivity index (χ1v) is 8.75. The summed E-state index contributed by atoms with van der Waals surface area (Å²) in [7, 11) is 0. The number of thiazole rings is 1. The van der Waals surface area contributed by atoms with Gasteiger partial charge in [0.1, 0.15) is 16.6 Å². The average Bonchev–Trinajstić information content (AvgIpc) is 3.05. The monoisotopic (exact) mass is 356 g/mol. The molecule has 3 rings (SSSR count).